The van der Waals surface area contributed by atoms with Crippen LogP contribution in [0.4, 0.5) is 4.39 Å². The lowest BCUT2D eigenvalue weighted by Gasteiger charge is -1.95. The van der Waals surface area contributed by atoms with Gasteiger partial charge in [-0.3, -0.25) is 0 Å². The molecule has 0 atom stereocenters. The minimum absolute atomic E-state index is 0.255. The number of hydrogen-bond acceptors (Lipinski definition) is 3. The van der Waals surface area contributed by atoms with Gasteiger partial charge in [0, 0.05) is 16.7 Å². The second-order valence-corrected chi connectivity index (χ2v) is 4.84. The summed E-state index contributed by atoms with van der Waals surface area (Å²) in [5, 5.41) is -0.255. The van der Waals surface area contributed by atoms with E-state index in [1.165, 1.54) is 0 Å². The van der Waals surface area contributed by atoms with Crippen LogP contribution in [0.1, 0.15) is 0 Å². The molecule has 1 aromatic heterocycles. The smallest absolute Gasteiger partial charge is 0.208 e. The van der Waals surface area contributed by atoms with Gasteiger partial charge in [0.25, 0.3) is 9.05 Å². The predicted octanol–water partition coefficient (Wildman–Crippen LogP) is 1.80. The summed E-state index contributed by atoms with van der Waals surface area (Å²) in [6, 6.07) is 1.65. The van der Waals surface area contributed by atoms with Gasteiger partial charge in [0.1, 0.15) is 5.15 Å². The van der Waals surface area contributed by atoms with Gasteiger partial charge in [-0.05, 0) is 6.07 Å². The lowest BCUT2D eigenvalue weighted by atomic mass is 10.5. The van der Waals surface area contributed by atoms with Crippen molar-refractivity contribution in [3.05, 3.63) is 23.2 Å². The monoisotopic (exact) mass is 229 g/mol. The van der Waals surface area contributed by atoms with Crippen LogP contribution in [0, 0.1) is 5.95 Å². The van der Waals surface area contributed by atoms with Crippen molar-refractivity contribution in [2.24, 2.45) is 0 Å². The van der Waals surface area contributed by atoms with Crippen molar-refractivity contribution in [3.8, 4) is 0 Å². The highest BCUT2D eigenvalue weighted by Crippen LogP contribution is 2.18. The molecule has 0 N–H and O–H groups in total. The van der Waals surface area contributed by atoms with Crippen molar-refractivity contribution in [2.45, 2.75) is 4.90 Å². The highest BCUT2D eigenvalue weighted by atomic mass is 35.7. The zero-order valence-corrected chi connectivity index (χ0v) is 7.79. The van der Waals surface area contributed by atoms with Crippen molar-refractivity contribution in [2.75, 3.05) is 0 Å². The molecule has 0 unspecified atom stereocenters. The molecule has 0 amide bonds. The van der Waals surface area contributed by atoms with Gasteiger partial charge < -0.3 is 0 Å². The summed E-state index contributed by atoms with van der Waals surface area (Å²) in [5.74, 6) is -0.985. The first-order valence-electron chi connectivity index (χ1n) is 2.67. The lowest BCUT2D eigenvalue weighted by Crippen LogP contribution is -1.93. The summed E-state index contributed by atoms with van der Waals surface area (Å²) in [7, 11) is 0.982. The van der Waals surface area contributed by atoms with Crippen LogP contribution >= 0.6 is 22.3 Å². The van der Waals surface area contributed by atoms with Crippen LogP contribution in [0.3, 0.4) is 0 Å². The van der Waals surface area contributed by atoms with Crippen LogP contribution in [-0.4, -0.2) is 13.4 Å². The minimum atomic E-state index is -3.94. The van der Waals surface area contributed by atoms with Crippen molar-refractivity contribution in [1.82, 2.24) is 4.98 Å². The number of halogens is 3. The average Bonchev–Trinajstić information content (AvgIpc) is 1.82. The summed E-state index contributed by atoms with van der Waals surface area (Å²) < 4.78 is 33.7. The number of hydrogen-bond donors (Lipinski definition) is 0. The van der Waals surface area contributed by atoms with Gasteiger partial charge in [-0.15, -0.1) is 0 Å². The molecule has 12 heavy (non-hydrogen) atoms. The maximum atomic E-state index is 12.4. The van der Waals surface area contributed by atoms with Gasteiger partial charge >= 0.3 is 0 Å². The van der Waals surface area contributed by atoms with Gasteiger partial charge in [0.15, 0.2) is 0 Å². The number of rotatable bonds is 1. The normalized spacial score (nSPS) is 11.6. The largest absolute Gasteiger partial charge is 0.261 e. The average molecular weight is 230 g/mol. The molecule has 66 valence electrons. The Hall–Kier alpha value is -0.390. The lowest BCUT2D eigenvalue weighted by molar-refractivity contribution is 0.574. The van der Waals surface area contributed by atoms with E-state index in [4.69, 9.17) is 22.3 Å². The molecule has 0 saturated heterocycles. The molecule has 0 spiro atoms. The Morgan fingerprint density at radius 2 is 2.00 bits per heavy atom. The highest BCUT2D eigenvalue weighted by Gasteiger charge is 2.12. The Balaban J connectivity index is 3.37. The maximum absolute atomic E-state index is 12.4. The summed E-state index contributed by atoms with van der Waals surface area (Å²) in [6.45, 7) is 0. The molecule has 1 heterocycles. The van der Waals surface area contributed by atoms with E-state index in [1.54, 1.807) is 0 Å². The molecular weight excluding hydrogens is 228 g/mol. The van der Waals surface area contributed by atoms with E-state index in [9.17, 15) is 12.8 Å². The third kappa shape index (κ3) is 2.30. The fraction of sp³-hybridized carbons (Fsp3) is 0. The second kappa shape index (κ2) is 3.16. The molecule has 0 bridgehead atoms. The first-order valence-corrected chi connectivity index (χ1v) is 5.36. The summed E-state index contributed by atoms with van der Waals surface area (Å²) >= 11 is 5.28. The predicted molar refractivity (Wildman–Crippen MR) is 42.2 cm³/mol. The molecule has 7 heteroatoms. The molecular formula is C5H2Cl2FNO2S. The molecule has 1 aromatic rings. The summed E-state index contributed by atoms with van der Waals surface area (Å²) in [5.41, 5.74) is 0. The number of nitrogens with zero attached hydrogens (tertiary/aromatic N) is 1. The van der Waals surface area contributed by atoms with Crippen molar-refractivity contribution in [3.63, 3.8) is 0 Å². The second-order valence-electron chi connectivity index (χ2n) is 1.89. The van der Waals surface area contributed by atoms with Crippen molar-refractivity contribution < 1.29 is 12.8 Å². The topological polar surface area (TPSA) is 47.0 Å². The van der Waals surface area contributed by atoms with Crippen LogP contribution in [0.5, 0.6) is 0 Å². The van der Waals surface area contributed by atoms with Crippen molar-refractivity contribution in [1.29, 1.82) is 0 Å². The molecule has 3 nitrogen and oxygen atoms in total. The van der Waals surface area contributed by atoms with Crippen molar-refractivity contribution >= 4 is 31.3 Å². The fourth-order valence-electron chi connectivity index (χ4n) is 0.584. The van der Waals surface area contributed by atoms with E-state index in [1.807, 2.05) is 0 Å². The van der Waals surface area contributed by atoms with Gasteiger partial charge in [0.05, 0.1) is 4.90 Å². The zero-order valence-electron chi connectivity index (χ0n) is 5.46. The van der Waals surface area contributed by atoms with Gasteiger partial charge in [-0.1, -0.05) is 11.6 Å². The van der Waals surface area contributed by atoms with E-state index in [0.29, 0.717) is 6.07 Å². The quantitative estimate of drug-likeness (QED) is 0.545. The molecule has 0 fully saturated rings. The Morgan fingerprint density at radius 1 is 1.42 bits per heavy atom. The van der Waals surface area contributed by atoms with Crippen LogP contribution in [0.25, 0.3) is 0 Å². The zero-order chi connectivity index (χ0) is 9.35. The van der Waals surface area contributed by atoms with Crippen LogP contribution in [0.2, 0.25) is 5.15 Å². The standard InChI is InChI=1S/C5H2Cl2FNO2S/c6-4-1-3(12(7,10)11)2-5(8)9-4/h1-2H. The summed E-state index contributed by atoms with van der Waals surface area (Å²) in [6.07, 6.45) is 0. The third-order valence-electron chi connectivity index (χ3n) is 1.02. The Bertz CT molecular complexity index is 386. The molecule has 1 rings (SSSR count). The SMILES string of the molecule is O=S(=O)(Cl)c1cc(F)nc(Cl)c1. The van der Waals surface area contributed by atoms with Crippen LogP contribution in [0.15, 0.2) is 17.0 Å². The maximum Gasteiger partial charge on any atom is 0.261 e. The molecule has 0 radical (unpaired) electrons. The van der Waals surface area contributed by atoms with Crippen LogP contribution in [-0.2, 0) is 9.05 Å². The van der Waals surface area contributed by atoms with E-state index < -0.39 is 19.9 Å². The highest BCUT2D eigenvalue weighted by molar-refractivity contribution is 8.13. The molecule has 0 aliphatic rings. The first kappa shape index (κ1) is 9.70. The van der Waals surface area contributed by atoms with Gasteiger partial charge in [-0.25, -0.2) is 13.4 Å². The molecule has 0 aliphatic carbocycles. The van der Waals surface area contributed by atoms with E-state index in [0.717, 1.165) is 6.07 Å². The van der Waals surface area contributed by atoms with E-state index >= 15 is 0 Å². The van der Waals surface area contributed by atoms with Gasteiger partial charge in [-0.2, -0.15) is 4.39 Å². The number of pyridine rings is 1. The summed E-state index contributed by atoms with van der Waals surface area (Å²) in [4.78, 5) is 2.72. The third-order valence-corrected chi connectivity index (χ3v) is 2.54. The fourth-order valence-corrected chi connectivity index (χ4v) is 1.60. The Labute approximate surface area is 77.6 Å². The molecule has 0 saturated carbocycles. The Morgan fingerprint density at radius 3 is 2.42 bits per heavy atom. The Kier molecular flexibility index (Phi) is 2.55. The minimum Gasteiger partial charge on any atom is -0.208 e. The molecule has 0 aliphatic heterocycles. The van der Waals surface area contributed by atoms with E-state index in [-0.39, 0.29) is 5.15 Å². The van der Waals surface area contributed by atoms with Gasteiger partial charge in [0.2, 0.25) is 5.95 Å². The van der Waals surface area contributed by atoms with E-state index in [2.05, 4.69) is 4.98 Å². The van der Waals surface area contributed by atoms with Crippen LogP contribution < -0.4 is 0 Å². The number of aromatic nitrogens is 1. The first-order chi connectivity index (χ1) is 5.39. The molecule has 0 aromatic carbocycles.